The highest BCUT2D eigenvalue weighted by atomic mass is 31.2. The predicted molar refractivity (Wildman–Crippen MR) is 146 cm³/mol. The number of halogens is 1. The maximum atomic E-state index is 14.2. The average molecular weight is 548 g/mol. The monoisotopic (exact) mass is 547 g/mol. The first-order valence-electron chi connectivity index (χ1n) is 12.4. The molecule has 39 heavy (non-hydrogen) atoms. The van der Waals surface area contributed by atoms with Crippen LogP contribution >= 0.6 is 7.60 Å². The van der Waals surface area contributed by atoms with E-state index in [1.807, 2.05) is 30.3 Å². The van der Waals surface area contributed by atoms with Gasteiger partial charge in [-0.15, -0.1) is 0 Å². The van der Waals surface area contributed by atoms with Crippen LogP contribution in [-0.2, 0) is 9.36 Å². The second kappa shape index (κ2) is 10.8. The van der Waals surface area contributed by atoms with E-state index in [-0.39, 0.29) is 35.4 Å². The number of aromatic hydroxyl groups is 1. The van der Waals surface area contributed by atoms with Crippen LogP contribution in [0.25, 0.3) is 11.1 Å². The molecule has 0 spiro atoms. The first-order valence-corrected chi connectivity index (χ1v) is 14.1. The number of amides is 1. The Hall–Kier alpha value is -3.81. The van der Waals surface area contributed by atoms with Crippen LogP contribution < -0.4 is 10.2 Å². The molecule has 1 aliphatic heterocycles. The lowest BCUT2D eigenvalue weighted by molar-refractivity contribution is -0.131. The number of phenolic OH excluding ortho intramolecular Hbond substituents is 1. The van der Waals surface area contributed by atoms with Crippen LogP contribution in [-0.4, -0.2) is 25.9 Å². The van der Waals surface area contributed by atoms with Gasteiger partial charge in [0.05, 0.1) is 23.4 Å². The molecular formula is C30H27FNO6P. The molecule has 200 valence electrons. The standard InChI is InChI=1S/C30H27FNO6P/c31-26-9-5-4-8-23(26)27(33)17-16-25-29(32(30(25)35)21-6-2-1-3-7-21)24-15-12-20(18-28(24)34)19-10-13-22(14-11-19)39(36,37)38/h1-15,18,25,27,29,33-34H,16-17H2,(H2,36,37,38). The van der Waals surface area contributed by atoms with Crippen LogP contribution in [0.15, 0.2) is 97.1 Å². The second-order valence-corrected chi connectivity index (χ2v) is 11.2. The number of β-lactam (4-membered cyclic amide) rings is 1. The Balaban J connectivity index is 1.43. The van der Waals surface area contributed by atoms with Gasteiger partial charge >= 0.3 is 7.60 Å². The smallest absolute Gasteiger partial charge is 0.356 e. The number of carbonyl (C=O) groups is 1. The number of aliphatic hydroxyl groups is 1. The van der Waals surface area contributed by atoms with Gasteiger partial charge in [0.2, 0.25) is 5.91 Å². The number of anilines is 1. The summed E-state index contributed by atoms with van der Waals surface area (Å²) in [5.74, 6) is -1.23. The molecule has 9 heteroatoms. The Labute approximate surface area is 225 Å². The van der Waals surface area contributed by atoms with Crippen LogP contribution in [0.5, 0.6) is 5.75 Å². The maximum absolute atomic E-state index is 14.2. The number of hydrogen-bond donors (Lipinski definition) is 4. The summed E-state index contributed by atoms with van der Waals surface area (Å²) >= 11 is 0. The summed E-state index contributed by atoms with van der Waals surface area (Å²) in [6, 6.07) is 25.5. The number of phenols is 1. The zero-order chi connectivity index (χ0) is 27.7. The van der Waals surface area contributed by atoms with E-state index >= 15 is 0 Å². The minimum Gasteiger partial charge on any atom is -0.508 e. The lowest BCUT2D eigenvalue weighted by Crippen LogP contribution is -2.55. The van der Waals surface area contributed by atoms with E-state index in [0.717, 1.165) is 0 Å². The molecule has 0 bridgehead atoms. The van der Waals surface area contributed by atoms with Gasteiger partial charge in [-0.25, -0.2) is 4.39 Å². The molecular weight excluding hydrogens is 520 g/mol. The molecule has 0 radical (unpaired) electrons. The first kappa shape index (κ1) is 26.8. The molecule has 0 saturated carbocycles. The molecule has 5 rings (SSSR count). The highest BCUT2D eigenvalue weighted by Gasteiger charge is 2.49. The summed E-state index contributed by atoms with van der Waals surface area (Å²) in [6.07, 6.45) is -0.619. The third-order valence-electron chi connectivity index (χ3n) is 7.15. The van der Waals surface area contributed by atoms with Crippen molar-refractivity contribution >= 4 is 24.5 Å². The van der Waals surface area contributed by atoms with Crippen LogP contribution in [0.4, 0.5) is 10.1 Å². The summed E-state index contributed by atoms with van der Waals surface area (Å²) in [4.78, 5) is 33.6. The summed E-state index contributed by atoms with van der Waals surface area (Å²) in [6.45, 7) is 0. The quantitative estimate of drug-likeness (QED) is 0.178. The fourth-order valence-electron chi connectivity index (χ4n) is 5.12. The predicted octanol–water partition coefficient (Wildman–Crippen LogP) is 5.22. The van der Waals surface area contributed by atoms with Crippen LogP contribution in [0.2, 0.25) is 0 Å². The topological polar surface area (TPSA) is 118 Å². The molecule has 4 aromatic carbocycles. The minimum atomic E-state index is -4.37. The average Bonchev–Trinajstić information content (AvgIpc) is 2.92. The summed E-state index contributed by atoms with van der Waals surface area (Å²) < 4.78 is 25.6. The number of aliphatic hydroxyl groups excluding tert-OH is 1. The number of para-hydroxylation sites is 1. The van der Waals surface area contributed by atoms with Gasteiger partial charge in [-0.1, -0.05) is 60.7 Å². The van der Waals surface area contributed by atoms with E-state index in [9.17, 15) is 33.7 Å². The van der Waals surface area contributed by atoms with E-state index in [0.29, 0.717) is 22.4 Å². The molecule has 0 aromatic heterocycles. The van der Waals surface area contributed by atoms with Crippen LogP contribution in [0.1, 0.15) is 36.1 Å². The normalized spacial score (nSPS) is 18.1. The molecule has 3 unspecified atom stereocenters. The second-order valence-electron chi connectivity index (χ2n) is 9.57. The molecule has 3 atom stereocenters. The summed E-state index contributed by atoms with van der Waals surface area (Å²) in [5, 5.41) is 21.6. The van der Waals surface area contributed by atoms with Gasteiger partial charge in [0, 0.05) is 16.8 Å². The Morgan fingerprint density at radius 1 is 0.872 bits per heavy atom. The molecule has 1 amide bonds. The molecule has 1 saturated heterocycles. The van der Waals surface area contributed by atoms with Gasteiger partial charge in [-0.05, 0) is 60.4 Å². The van der Waals surface area contributed by atoms with Crippen molar-refractivity contribution in [2.75, 3.05) is 4.90 Å². The van der Waals surface area contributed by atoms with E-state index < -0.39 is 31.5 Å². The molecule has 1 aliphatic rings. The highest BCUT2D eigenvalue weighted by Crippen LogP contribution is 2.49. The van der Waals surface area contributed by atoms with E-state index in [4.69, 9.17) is 0 Å². The lowest BCUT2D eigenvalue weighted by Gasteiger charge is -2.48. The van der Waals surface area contributed by atoms with Crippen LogP contribution in [0, 0.1) is 11.7 Å². The molecule has 0 aliphatic carbocycles. The van der Waals surface area contributed by atoms with Crippen molar-refractivity contribution in [1.82, 2.24) is 0 Å². The van der Waals surface area contributed by atoms with Gasteiger partial charge in [-0.2, -0.15) is 0 Å². The van der Waals surface area contributed by atoms with Crippen molar-refractivity contribution in [3.63, 3.8) is 0 Å². The molecule has 4 N–H and O–H groups in total. The van der Waals surface area contributed by atoms with Crippen molar-refractivity contribution < 1.29 is 33.7 Å². The van der Waals surface area contributed by atoms with Crippen molar-refractivity contribution in [3.05, 3.63) is 114 Å². The first-order chi connectivity index (χ1) is 18.6. The number of hydrogen-bond acceptors (Lipinski definition) is 4. The number of nitrogens with zero attached hydrogens (tertiary/aromatic N) is 1. The maximum Gasteiger partial charge on any atom is 0.356 e. The zero-order valence-corrected chi connectivity index (χ0v) is 21.7. The number of carbonyl (C=O) groups excluding carboxylic acids is 1. The van der Waals surface area contributed by atoms with E-state index in [1.165, 1.54) is 24.3 Å². The molecule has 4 aromatic rings. The van der Waals surface area contributed by atoms with Gasteiger partial charge < -0.3 is 24.9 Å². The molecule has 1 fully saturated rings. The zero-order valence-electron chi connectivity index (χ0n) is 20.8. The largest absolute Gasteiger partial charge is 0.508 e. The van der Waals surface area contributed by atoms with Crippen LogP contribution in [0.3, 0.4) is 0 Å². The Morgan fingerprint density at radius 2 is 1.51 bits per heavy atom. The van der Waals surface area contributed by atoms with E-state index in [2.05, 4.69) is 0 Å². The fourth-order valence-corrected chi connectivity index (χ4v) is 5.66. The lowest BCUT2D eigenvalue weighted by atomic mass is 9.77. The Morgan fingerprint density at radius 3 is 2.15 bits per heavy atom. The van der Waals surface area contributed by atoms with Crippen molar-refractivity contribution in [2.24, 2.45) is 5.92 Å². The Kier molecular flexibility index (Phi) is 7.38. The van der Waals surface area contributed by atoms with Gasteiger partial charge in [0.15, 0.2) is 0 Å². The number of benzene rings is 4. The molecule has 1 heterocycles. The summed E-state index contributed by atoms with van der Waals surface area (Å²) in [7, 11) is -4.37. The van der Waals surface area contributed by atoms with Crippen molar-refractivity contribution in [2.45, 2.75) is 25.0 Å². The summed E-state index contributed by atoms with van der Waals surface area (Å²) in [5.41, 5.74) is 2.67. The van der Waals surface area contributed by atoms with Gasteiger partial charge in [0.25, 0.3) is 0 Å². The molecule has 7 nitrogen and oxygen atoms in total. The third kappa shape index (κ3) is 5.37. The minimum absolute atomic E-state index is 0.0374. The van der Waals surface area contributed by atoms with Gasteiger partial charge in [-0.3, -0.25) is 9.36 Å². The Bertz CT molecular complexity index is 1540. The van der Waals surface area contributed by atoms with Gasteiger partial charge in [0.1, 0.15) is 11.6 Å². The highest BCUT2D eigenvalue weighted by molar-refractivity contribution is 7.60. The third-order valence-corrected chi connectivity index (χ3v) is 8.12. The van der Waals surface area contributed by atoms with Crippen molar-refractivity contribution in [3.8, 4) is 16.9 Å². The van der Waals surface area contributed by atoms with E-state index in [1.54, 1.807) is 47.4 Å². The number of rotatable bonds is 8. The SMILES string of the molecule is O=C1C(CCC(O)c2ccccc2F)C(c2ccc(-c3ccc(P(=O)(O)O)cc3)cc2O)N1c1ccccc1. The van der Waals surface area contributed by atoms with Crippen molar-refractivity contribution in [1.29, 1.82) is 0 Å². The fraction of sp³-hybridized carbons (Fsp3) is 0.167.